The Labute approximate surface area is 112 Å². The van der Waals surface area contributed by atoms with E-state index in [1.165, 1.54) is 12.1 Å². The molecule has 0 bridgehead atoms. The molecule has 0 saturated heterocycles. The highest BCUT2D eigenvalue weighted by molar-refractivity contribution is 5.81. The fourth-order valence-corrected chi connectivity index (χ4v) is 1.35. The molecule has 0 saturated carbocycles. The van der Waals surface area contributed by atoms with E-state index in [1.807, 2.05) is 20.8 Å². The van der Waals surface area contributed by atoms with Gasteiger partial charge in [0, 0.05) is 6.04 Å². The molecule has 0 aliphatic carbocycles. The average molecular weight is 267 g/mol. The molecule has 1 aromatic carbocycles. The second-order valence-corrected chi connectivity index (χ2v) is 4.69. The van der Waals surface area contributed by atoms with E-state index in [4.69, 9.17) is 4.74 Å². The summed E-state index contributed by atoms with van der Waals surface area (Å²) in [5.41, 5.74) is 0.0877. The number of hydrogen-bond donors (Lipinski definition) is 1. The summed E-state index contributed by atoms with van der Waals surface area (Å²) in [6, 6.07) is 3.61. The molecule has 1 N–H and O–H groups in total. The van der Waals surface area contributed by atoms with Crippen LogP contribution in [0.4, 0.5) is 4.39 Å². The third-order valence-electron chi connectivity index (χ3n) is 2.85. The molecule has 1 aromatic rings. The van der Waals surface area contributed by atoms with Gasteiger partial charge in [-0.1, -0.05) is 13.8 Å². The van der Waals surface area contributed by atoms with Crippen LogP contribution in [0.5, 0.6) is 5.75 Å². The maximum Gasteiger partial charge on any atom is 0.258 e. The number of carbonyl (C=O) groups is 2. The van der Waals surface area contributed by atoms with Crippen molar-refractivity contribution in [3.8, 4) is 5.75 Å². The number of carbonyl (C=O) groups excluding carboxylic acids is 2. The van der Waals surface area contributed by atoms with Gasteiger partial charge in [-0.3, -0.25) is 9.59 Å². The first-order valence-corrected chi connectivity index (χ1v) is 6.11. The molecule has 1 unspecified atom stereocenters. The van der Waals surface area contributed by atoms with Crippen molar-refractivity contribution in [2.24, 2.45) is 5.92 Å². The maximum absolute atomic E-state index is 12.9. The molecule has 0 aromatic heterocycles. The van der Waals surface area contributed by atoms with Crippen molar-refractivity contribution in [2.45, 2.75) is 26.8 Å². The number of rotatable bonds is 6. The van der Waals surface area contributed by atoms with Crippen LogP contribution in [0.2, 0.25) is 0 Å². The number of nitrogens with one attached hydrogen (secondary N) is 1. The quantitative estimate of drug-likeness (QED) is 0.804. The second-order valence-electron chi connectivity index (χ2n) is 4.69. The molecule has 0 heterocycles. The summed E-state index contributed by atoms with van der Waals surface area (Å²) < 4.78 is 18.1. The SMILES string of the molecule is CC(C)C(C)NC(=O)COc1ccc(F)cc1C=O. The minimum Gasteiger partial charge on any atom is -0.483 e. The fraction of sp³-hybridized carbons (Fsp3) is 0.429. The Morgan fingerprint density at radius 2 is 2.11 bits per heavy atom. The number of benzene rings is 1. The molecule has 4 nitrogen and oxygen atoms in total. The van der Waals surface area contributed by atoms with Crippen LogP contribution >= 0.6 is 0 Å². The van der Waals surface area contributed by atoms with Crippen LogP contribution in [0.3, 0.4) is 0 Å². The van der Waals surface area contributed by atoms with Gasteiger partial charge in [-0.2, -0.15) is 0 Å². The van der Waals surface area contributed by atoms with Gasteiger partial charge in [0.15, 0.2) is 12.9 Å². The first-order valence-electron chi connectivity index (χ1n) is 6.11. The third-order valence-corrected chi connectivity index (χ3v) is 2.85. The van der Waals surface area contributed by atoms with Gasteiger partial charge in [0.05, 0.1) is 5.56 Å². The minimum absolute atomic E-state index is 0.0369. The number of amides is 1. The van der Waals surface area contributed by atoms with Crippen LogP contribution in [0.15, 0.2) is 18.2 Å². The largest absolute Gasteiger partial charge is 0.483 e. The van der Waals surface area contributed by atoms with Crippen molar-refractivity contribution >= 4 is 12.2 Å². The Morgan fingerprint density at radius 3 is 2.68 bits per heavy atom. The third kappa shape index (κ3) is 4.69. The summed E-state index contributed by atoms with van der Waals surface area (Å²) in [6.07, 6.45) is 0.493. The van der Waals surface area contributed by atoms with E-state index in [0.717, 1.165) is 6.07 Å². The molecule has 0 radical (unpaired) electrons. The summed E-state index contributed by atoms with van der Waals surface area (Å²) in [5.74, 6) is -0.279. The first kappa shape index (κ1) is 15.1. The summed E-state index contributed by atoms with van der Waals surface area (Å²) >= 11 is 0. The lowest BCUT2D eigenvalue weighted by atomic mass is 10.1. The van der Waals surface area contributed by atoms with E-state index in [0.29, 0.717) is 12.2 Å². The van der Waals surface area contributed by atoms with Crippen molar-refractivity contribution in [1.29, 1.82) is 0 Å². The van der Waals surface area contributed by atoms with Gasteiger partial charge in [0.1, 0.15) is 11.6 Å². The number of aldehydes is 1. The number of halogens is 1. The van der Waals surface area contributed by atoms with E-state index >= 15 is 0 Å². The summed E-state index contributed by atoms with van der Waals surface area (Å²) in [6.45, 7) is 5.69. The van der Waals surface area contributed by atoms with Crippen molar-refractivity contribution in [1.82, 2.24) is 5.32 Å². The normalized spacial score (nSPS) is 12.1. The molecule has 104 valence electrons. The predicted octanol–water partition coefficient (Wildman–Crippen LogP) is 2.18. The van der Waals surface area contributed by atoms with Crippen LogP contribution in [-0.2, 0) is 4.79 Å². The molecular weight excluding hydrogens is 249 g/mol. The zero-order valence-corrected chi connectivity index (χ0v) is 11.3. The molecule has 0 aliphatic rings. The lowest BCUT2D eigenvalue weighted by Gasteiger charge is -2.17. The number of ether oxygens (including phenoxy) is 1. The van der Waals surface area contributed by atoms with E-state index in [9.17, 15) is 14.0 Å². The van der Waals surface area contributed by atoms with Crippen molar-refractivity contribution in [2.75, 3.05) is 6.61 Å². The monoisotopic (exact) mass is 267 g/mol. The zero-order chi connectivity index (χ0) is 14.4. The van der Waals surface area contributed by atoms with Gasteiger partial charge in [-0.25, -0.2) is 4.39 Å². The molecule has 1 atom stereocenters. The standard InChI is InChI=1S/C14H18FNO3/c1-9(2)10(3)16-14(18)8-19-13-5-4-12(15)6-11(13)7-17/h4-7,9-10H,8H2,1-3H3,(H,16,18). The zero-order valence-electron chi connectivity index (χ0n) is 11.3. The van der Waals surface area contributed by atoms with Gasteiger partial charge >= 0.3 is 0 Å². The van der Waals surface area contributed by atoms with Gasteiger partial charge < -0.3 is 10.1 Å². The molecule has 19 heavy (non-hydrogen) atoms. The Morgan fingerprint density at radius 1 is 1.42 bits per heavy atom. The van der Waals surface area contributed by atoms with Gasteiger partial charge in [-0.15, -0.1) is 0 Å². The molecular formula is C14H18FNO3. The lowest BCUT2D eigenvalue weighted by Crippen LogP contribution is -2.39. The Kier molecular flexibility index (Phi) is 5.48. The Balaban J connectivity index is 2.57. The molecule has 1 amide bonds. The van der Waals surface area contributed by atoms with E-state index < -0.39 is 5.82 Å². The van der Waals surface area contributed by atoms with Crippen molar-refractivity contribution < 1.29 is 18.7 Å². The molecule has 5 heteroatoms. The highest BCUT2D eigenvalue weighted by atomic mass is 19.1. The molecule has 0 spiro atoms. The van der Waals surface area contributed by atoms with E-state index in [1.54, 1.807) is 0 Å². The molecule has 1 rings (SSSR count). The van der Waals surface area contributed by atoms with E-state index in [-0.39, 0.29) is 29.9 Å². The van der Waals surface area contributed by atoms with Crippen molar-refractivity contribution in [3.05, 3.63) is 29.6 Å². The minimum atomic E-state index is -0.521. The van der Waals surface area contributed by atoms with Crippen LogP contribution in [0.25, 0.3) is 0 Å². The van der Waals surface area contributed by atoms with Gasteiger partial charge in [-0.05, 0) is 31.0 Å². The van der Waals surface area contributed by atoms with Crippen molar-refractivity contribution in [3.63, 3.8) is 0 Å². The average Bonchev–Trinajstić information content (AvgIpc) is 2.36. The lowest BCUT2D eigenvalue weighted by molar-refractivity contribution is -0.124. The highest BCUT2D eigenvalue weighted by Gasteiger charge is 2.12. The molecule has 0 aliphatic heterocycles. The fourth-order valence-electron chi connectivity index (χ4n) is 1.35. The summed E-state index contributed by atoms with van der Waals surface area (Å²) in [5, 5.41) is 2.77. The Hall–Kier alpha value is -1.91. The van der Waals surface area contributed by atoms with Gasteiger partial charge in [0.2, 0.25) is 0 Å². The topological polar surface area (TPSA) is 55.4 Å². The van der Waals surface area contributed by atoms with Crippen LogP contribution in [-0.4, -0.2) is 24.8 Å². The van der Waals surface area contributed by atoms with E-state index in [2.05, 4.69) is 5.32 Å². The maximum atomic E-state index is 12.9. The van der Waals surface area contributed by atoms with Gasteiger partial charge in [0.25, 0.3) is 5.91 Å². The summed E-state index contributed by atoms with van der Waals surface area (Å²) in [4.78, 5) is 22.3. The van der Waals surface area contributed by atoms with Crippen LogP contribution in [0, 0.1) is 11.7 Å². The molecule has 0 fully saturated rings. The Bertz CT molecular complexity index is 460. The second kappa shape index (κ2) is 6.87. The predicted molar refractivity (Wildman–Crippen MR) is 69.7 cm³/mol. The smallest absolute Gasteiger partial charge is 0.258 e. The van der Waals surface area contributed by atoms with Crippen LogP contribution in [0.1, 0.15) is 31.1 Å². The highest BCUT2D eigenvalue weighted by Crippen LogP contribution is 2.17. The van der Waals surface area contributed by atoms with Crippen LogP contribution < -0.4 is 10.1 Å². The summed E-state index contributed by atoms with van der Waals surface area (Å²) in [7, 11) is 0. The number of hydrogen-bond acceptors (Lipinski definition) is 3. The first-order chi connectivity index (χ1) is 8.93.